The summed E-state index contributed by atoms with van der Waals surface area (Å²) in [5, 5.41) is 0. The zero-order valence-corrected chi connectivity index (χ0v) is 13.9. The highest BCUT2D eigenvalue weighted by Gasteiger charge is 2.36. The van der Waals surface area contributed by atoms with Gasteiger partial charge in [-0.3, -0.25) is 4.90 Å². The fraction of sp³-hybridized carbons (Fsp3) is 0.923. The first-order valence-electron chi connectivity index (χ1n) is 7.11. The van der Waals surface area contributed by atoms with Gasteiger partial charge in [0.05, 0.1) is 19.8 Å². The highest BCUT2D eigenvalue weighted by molar-refractivity contribution is 6.60. The third-order valence-electron chi connectivity index (χ3n) is 3.43. The van der Waals surface area contributed by atoms with E-state index in [1.54, 1.807) is 21.3 Å². The van der Waals surface area contributed by atoms with Crippen molar-refractivity contribution in [1.82, 2.24) is 4.90 Å². The lowest BCUT2D eigenvalue weighted by molar-refractivity contribution is 0.0391. The van der Waals surface area contributed by atoms with Crippen molar-refractivity contribution in [3.63, 3.8) is 0 Å². The highest BCUT2D eigenvalue weighted by Crippen LogP contribution is 2.14. The number of hydrogen-bond donors (Lipinski definition) is 0. The van der Waals surface area contributed by atoms with Crippen molar-refractivity contribution < 1.29 is 22.8 Å². The minimum atomic E-state index is -2.43. The second-order valence-electron chi connectivity index (χ2n) is 4.68. The summed E-state index contributed by atoms with van der Waals surface area (Å²) in [5.74, 6) is 0. The Balaban J connectivity index is 1.96. The Labute approximate surface area is 123 Å². The monoisotopic (exact) mass is 306 g/mol. The minimum Gasteiger partial charge on any atom is -0.381 e. The second kappa shape index (κ2) is 10.7. The van der Waals surface area contributed by atoms with Crippen LogP contribution in [0.25, 0.3) is 0 Å². The Morgan fingerprint density at radius 1 is 1.10 bits per heavy atom. The van der Waals surface area contributed by atoms with E-state index >= 15 is 0 Å². The zero-order chi connectivity index (χ0) is 14.7. The number of morpholine rings is 1. The molecule has 7 heteroatoms. The molecule has 6 nitrogen and oxygen atoms in total. The van der Waals surface area contributed by atoms with Gasteiger partial charge in [0.2, 0.25) is 0 Å². The molecule has 1 radical (unpaired) electrons. The molecule has 0 bridgehead atoms. The summed E-state index contributed by atoms with van der Waals surface area (Å²) in [6, 6.07) is 0.778. The zero-order valence-electron chi connectivity index (χ0n) is 12.9. The van der Waals surface area contributed by atoms with E-state index < -0.39 is 8.80 Å². The number of hydrogen-bond acceptors (Lipinski definition) is 6. The molecular formula is C13H28NO5Si. The molecule has 1 heterocycles. The van der Waals surface area contributed by atoms with Crippen LogP contribution < -0.4 is 0 Å². The SMILES string of the molecule is CO[Si](CCCOC[CH]CN1CCOCC1)(OC)OC. The Bertz CT molecular complexity index is 227. The molecule has 0 amide bonds. The molecule has 0 spiro atoms. The molecule has 0 saturated carbocycles. The van der Waals surface area contributed by atoms with E-state index in [1.807, 2.05) is 0 Å². The van der Waals surface area contributed by atoms with E-state index in [4.69, 9.17) is 22.8 Å². The standard InChI is InChI=1S/C13H28NO5Si/c1-15-20(16-2,17-3)13-5-10-18-9-4-6-14-7-11-19-12-8-14/h4H,5-13H2,1-3H3. The van der Waals surface area contributed by atoms with Crippen LogP contribution in [0.2, 0.25) is 6.04 Å². The van der Waals surface area contributed by atoms with Gasteiger partial charge >= 0.3 is 8.80 Å². The molecule has 0 aromatic heterocycles. The Kier molecular flexibility index (Phi) is 9.62. The molecule has 0 unspecified atom stereocenters. The van der Waals surface area contributed by atoms with E-state index in [9.17, 15) is 0 Å². The summed E-state index contributed by atoms with van der Waals surface area (Å²) in [7, 11) is 2.48. The summed E-state index contributed by atoms with van der Waals surface area (Å²) in [6.45, 7) is 6.05. The molecule has 0 aliphatic carbocycles. The van der Waals surface area contributed by atoms with Crippen LogP contribution in [0, 0.1) is 6.42 Å². The Morgan fingerprint density at radius 2 is 1.75 bits per heavy atom. The maximum Gasteiger partial charge on any atom is 0.500 e. The maximum absolute atomic E-state index is 5.60. The van der Waals surface area contributed by atoms with Gasteiger partial charge in [-0.05, 0) is 6.42 Å². The second-order valence-corrected chi connectivity index (χ2v) is 7.77. The molecule has 0 atom stereocenters. The third kappa shape index (κ3) is 6.62. The smallest absolute Gasteiger partial charge is 0.381 e. The number of ether oxygens (including phenoxy) is 2. The van der Waals surface area contributed by atoms with Crippen LogP contribution in [0.15, 0.2) is 0 Å². The molecule has 119 valence electrons. The highest BCUT2D eigenvalue weighted by atomic mass is 28.4. The van der Waals surface area contributed by atoms with Gasteiger partial charge in [0.1, 0.15) is 0 Å². The van der Waals surface area contributed by atoms with Crippen molar-refractivity contribution in [1.29, 1.82) is 0 Å². The fourth-order valence-electron chi connectivity index (χ4n) is 2.13. The molecule has 1 fully saturated rings. The van der Waals surface area contributed by atoms with Crippen molar-refractivity contribution in [2.45, 2.75) is 12.5 Å². The van der Waals surface area contributed by atoms with Crippen LogP contribution in [0.1, 0.15) is 6.42 Å². The van der Waals surface area contributed by atoms with Gasteiger partial charge in [-0.25, -0.2) is 0 Å². The molecule has 1 saturated heterocycles. The van der Waals surface area contributed by atoms with E-state index in [2.05, 4.69) is 11.3 Å². The largest absolute Gasteiger partial charge is 0.500 e. The molecule has 1 rings (SSSR count). The number of nitrogens with zero attached hydrogens (tertiary/aromatic N) is 1. The van der Waals surface area contributed by atoms with Gasteiger partial charge in [-0.1, -0.05) is 0 Å². The lowest BCUT2D eigenvalue weighted by atomic mass is 10.3. The van der Waals surface area contributed by atoms with E-state index in [-0.39, 0.29) is 0 Å². The summed E-state index contributed by atoms with van der Waals surface area (Å²) in [5.41, 5.74) is 0. The van der Waals surface area contributed by atoms with Gasteiger partial charge in [-0.15, -0.1) is 0 Å². The topological polar surface area (TPSA) is 49.4 Å². The molecular weight excluding hydrogens is 278 g/mol. The van der Waals surface area contributed by atoms with Gasteiger partial charge in [0, 0.05) is 60.0 Å². The third-order valence-corrected chi connectivity index (χ3v) is 6.26. The quantitative estimate of drug-likeness (QED) is 0.416. The Morgan fingerprint density at radius 3 is 2.35 bits per heavy atom. The van der Waals surface area contributed by atoms with Gasteiger partial charge in [0.15, 0.2) is 0 Å². The first kappa shape index (κ1) is 18.0. The van der Waals surface area contributed by atoms with Crippen LogP contribution in [-0.4, -0.2) is 81.1 Å². The molecule has 0 aromatic rings. The van der Waals surface area contributed by atoms with Crippen molar-refractivity contribution in [3.8, 4) is 0 Å². The lowest BCUT2D eigenvalue weighted by Gasteiger charge is -2.26. The van der Waals surface area contributed by atoms with Crippen LogP contribution >= 0.6 is 0 Å². The predicted molar refractivity (Wildman–Crippen MR) is 78.6 cm³/mol. The number of rotatable bonds is 11. The predicted octanol–water partition coefficient (Wildman–Crippen LogP) is 0.808. The molecule has 0 N–H and O–H groups in total. The average Bonchev–Trinajstić information content (AvgIpc) is 2.52. The van der Waals surface area contributed by atoms with Gasteiger partial charge in [0.25, 0.3) is 0 Å². The minimum absolute atomic E-state index is 0.679. The molecule has 20 heavy (non-hydrogen) atoms. The van der Waals surface area contributed by atoms with E-state index in [1.165, 1.54) is 0 Å². The van der Waals surface area contributed by atoms with E-state index in [0.717, 1.165) is 45.3 Å². The van der Waals surface area contributed by atoms with Crippen molar-refractivity contribution in [3.05, 3.63) is 6.42 Å². The normalized spacial score (nSPS) is 17.6. The van der Waals surface area contributed by atoms with Crippen molar-refractivity contribution in [2.75, 3.05) is 67.4 Å². The van der Waals surface area contributed by atoms with Gasteiger partial charge in [-0.2, -0.15) is 0 Å². The summed E-state index contributed by atoms with van der Waals surface area (Å²) < 4.78 is 27.0. The van der Waals surface area contributed by atoms with Crippen molar-refractivity contribution >= 4 is 8.80 Å². The maximum atomic E-state index is 5.60. The van der Waals surface area contributed by atoms with Crippen LogP contribution in [0.5, 0.6) is 0 Å². The van der Waals surface area contributed by atoms with Crippen LogP contribution in [0.4, 0.5) is 0 Å². The molecule has 0 aromatic carbocycles. The van der Waals surface area contributed by atoms with Crippen LogP contribution in [0.3, 0.4) is 0 Å². The van der Waals surface area contributed by atoms with Gasteiger partial charge < -0.3 is 22.8 Å². The summed E-state index contributed by atoms with van der Waals surface area (Å²) in [6.07, 6.45) is 3.05. The van der Waals surface area contributed by atoms with E-state index in [0.29, 0.717) is 13.2 Å². The summed E-state index contributed by atoms with van der Waals surface area (Å²) >= 11 is 0. The first-order chi connectivity index (χ1) is 9.76. The average molecular weight is 306 g/mol. The summed E-state index contributed by atoms with van der Waals surface area (Å²) in [4.78, 5) is 2.37. The van der Waals surface area contributed by atoms with Crippen LogP contribution in [-0.2, 0) is 22.8 Å². The van der Waals surface area contributed by atoms with Crippen molar-refractivity contribution in [2.24, 2.45) is 0 Å². The fourth-order valence-corrected chi connectivity index (χ4v) is 3.82. The molecule has 1 aliphatic heterocycles. The Hall–Kier alpha value is -0.0231. The lowest BCUT2D eigenvalue weighted by Crippen LogP contribution is -2.42. The molecule has 1 aliphatic rings. The first-order valence-corrected chi connectivity index (χ1v) is 9.04.